The van der Waals surface area contributed by atoms with Crippen molar-refractivity contribution in [2.75, 3.05) is 32.6 Å². The number of halogens is 1. The summed E-state index contributed by atoms with van der Waals surface area (Å²) in [6.07, 6.45) is 0. The molecule has 0 bridgehead atoms. The number of anilines is 2. The minimum Gasteiger partial charge on any atom is -0.321 e. The number of nitrogens with zero attached hydrogens (tertiary/aromatic N) is 3. The third-order valence-electron chi connectivity index (χ3n) is 3.16. The number of aromatic nitrogens is 1. The van der Waals surface area contributed by atoms with Crippen LogP contribution >= 0.6 is 22.9 Å². The lowest BCUT2D eigenvalue weighted by Gasteiger charge is -2.15. The van der Waals surface area contributed by atoms with Crippen molar-refractivity contribution in [2.45, 2.75) is 6.92 Å². The SMILES string of the molecule is Cc1nc(N(C)c2ccc(Cl)cc2)sc1C(=C=O)CN(C)C. The summed E-state index contributed by atoms with van der Waals surface area (Å²) in [5.74, 6) is 2.05. The second-order valence-electron chi connectivity index (χ2n) is 5.26. The van der Waals surface area contributed by atoms with Gasteiger partial charge in [0, 0.05) is 24.3 Å². The van der Waals surface area contributed by atoms with E-state index in [-0.39, 0.29) is 0 Å². The van der Waals surface area contributed by atoms with Crippen LogP contribution in [0.2, 0.25) is 5.02 Å². The lowest BCUT2D eigenvalue weighted by molar-refractivity contribution is 0.463. The van der Waals surface area contributed by atoms with E-state index in [0.717, 1.165) is 21.4 Å². The molecular weight excluding hydrogens is 318 g/mol. The standard InChI is InChI=1S/C16H18ClN3OS/c1-11-15(12(10-21)9-19(2)3)22-16(18-11)20(4)14-7-5-13(17)6-8-14/h5-8H,9H2,1-4H3. The Balaban J connectivity index is 2.32. The molecule has 6 heteroatoms. The van der Waals surface area contributed by atoms with Crippen molar-refractivity contribution in [3.63, 3.8) is 0 Å². The van der Waals surface area contributed by atoms with Crippen molar-refractivity contribution in [1.82, 2.24) is 9.88 Å². The third-order valence-corrected chi connectivity index (χ3v) is 4.70. The second kappa shape index (κ2) is 7.07. The van der Waals surface area contributed by atoms with E-state index < -0.39 is 0 Å². The zero-order chi connectivity index (χ0) is 16.3. The van der Waals surface area contributed by atoms with Gasteiger partial charge >= 0.3 is 0 Å². The minimum atomic E-state index is 0.552. The fourth-order valence-electron chi connectivity index (χ4n) is 2.05. The van der Waals surface area contributed by atoms with Crippen LogP contribution in [0.25, 0.3) is 5.57 Å². The number of hydrogen-bond acceptors (Lipinski definition) is 5. The summed E-state index contributed by atoms with van der Waals surface area (Å²) in [7, 11) is 5.80. The topological polar surface area (TPSA) is 36.4 Å². The Morgan fingerprint density at radius 1 is 1.27 bits per heavy atom. The van der Waals surface area contributed by atoms with E-state index in [1.54, 1.807) is 0 Å². The smallest absolute Gasteiger partial charge is 0.190 e. The summed E-state index contributed by atoms with van der Waals surface area (Å²) >= 11 is 7.41. The molecule has 0 unspecified atom stereocenters. The van der Waals surface area contributed by atoms with Crippen LogP contribution in [-0.2, 0) is 4.79 Å². The Bertz CT molecular complexity index is 703. The molecule has 0 spiro atoms. The Morgan fingerprint density at radius 3 is 2.45 bits per heavy atom. The van der Waals surface area contributed by atoms with Crippen molar-refractivity contribution < 1.29 is 4.79 Å². The summed E-state index contributed by atoms with van der Waals surface area (Å²) in [5, 5.41) is 1.53. The van der Waals surface area contributed by atoms with Crippen molar-refractivity contribution >= 4 is 45.3 Å². The number of hydrogen-bond donors (Lipinski definition) is 0. The number of rotatable bonds is 5. The van der Waals surface area contributed by atoms with Gasteiger partial charge in [-0.3, -0.25) is 0 Å². The van der Waals surface area contributed by atoms with Gasteiger partial charge in [-0.05, 0) is 45.3 Å². The lowest BCUT2D eigenvalue weighted by atomic mass is 10.2. The van der Waals surface area contributed by atoms with E-state index in [2.05, 4.69) is 4.98 Å². The van der Waals surface area contributed by atoms with Gasteiger partial charge in [0.25, 0.3) is 0 Å². The van der Waals surface area contributed by atoms with Gasteiger partial charge < -0.3 is 9.80 Å². The lowest BCUT2D eigenvalue weighted by Crippen LogP contribution is -2.14. The van der Waals surface area contributed by atoms with Gasteiger partial charge in [0.2, 0.25) is 0 Å². The van der Waals surface area contributed by atoms with E-state index in [1.165, 1.54) is 11.3 Å². The Hall–Kier alpha value is -1.65. The first-order valence-electron chi connectivity index (χ1n) is 6.78. The predicted octanol–water partition coefficient (Wildman–Crippen LogP) is 3.65. The van der Waals surface area contributed by atoms with Crippen molar-refractivity contribution in [1.29, 1.82) is 0 Å². The molecule has 116 valence electrons. The highest BCUT2D eigenvalue weighted by Gasteiger charge is 2.17. The van der Waals surface area contributed by atoms with E-state index in [1.807, 2.05) is 68.1 Å². The molecule has 22 heavy (non-hydrogen) atoms. The van der Waals surface area contributed by atoms with Crippen LogP contribution < -0.4 is 4.90 Å². The summed E-state index contributed by atoms with van der Waals surface area (Å²) in [5.41, 5.74) is 2.48. The first-order chi connectivity index (χ1) is 10.4. The quantitative estimate of drug-likeness (QED) is 0.781. The molecule has 0 amide bonds. The predicted molar refractivity (Wildman–Crippen MR) is 94.0 cm³/mol. The summed E-state index contributed by atoms with van der Waals surface area (Å²) < 4.78 is 0. The van der Waals surface area contributed by atoms with Gasteiger partial charge in [-0.25, -0.2) is 9.78 Å². The number of thiazole rings is 1. The van der Waals surface area contributed by atoms with Crippen LogP contribution in [0.1, 0.15) is 10.6 Å². The molecule has 1 aromatic carbocycles. The average molecular weight is 336 g/mol. The fourth-order valence-corrected chi connectivity index (χ4v) is 3.20. The molecule has 0 atom stereocenters. The van der Waals surface area contributed by atoms with E-state index in [4.69, 9.17) is 11.6 Å². The third kappa shape index (κ3) is 3.76. The molecule has 0 saturated carbocycles. The van der Waals surface area contributed by atoms with Crippen LogP contribution in [0, 0.1) is 6.92 Å². The van der Waals surface area contributed by atoms with Gasteiger partial charge in [0.1, 0.15) is 5.94 Å². The highest BCUT2D eigenvalue weighted by atomic mass is 35.5. The average Bonchev–Trinajstić information content (AvgIpc) is 2.86. The van der Waals surface area contributed by atoms with Crippen LogP contribution in [0.5, 0.6) is 0 Å². The highest BCUT2D eigenvalue weighted by Crippen LogP contribution is 2.33. The number of carbonyl (C=O) groups excluding carboxylic acids is 1. The molecular formula is C16H18ClN3OS. The molecule has 2 aromatic rings. The maximum absolute atomic E-state index is 11.2. The molecule has 0 radical (unpaired) electrons. The minimum absolute atomic E-state index is 0.552. The van der Waals surface area contributed by atoms with Gasteiger partial charge in [-0.1, -0.05) is 22.9 Å². The highest BCUT2D eigenvalue weighted by molar-refractivity contribution is 7.17. The Labute approximate surface area is 139 Å². The second-order valence-corrected chi connectivity index (χ2v) is 6.68. The van der Waals surface area contributed by atoms with E-state index in [9.17, 15) is 4.79 Å². The van der Waals surface area contributed by atoms with Gasteiger partial charge in [0.15, 0.2) is 5.13 Å². The Morgan fingerprint density at radius 2 is 1.91 bits per heavy atom. The molecule has 0 N–H and O–H groups in total. The summed E-state index contributed by atoms with van der Waals surface area (Å²) in [6.45, 7) is 2.47. The molecule has 0 aliphatic rings. The summed E-state index contributed by atoms with van der Waals surface area (Å²) in [4.78, 5) is 20.6. The van der Waals surface area contributed by atoms with Gasteiger partial charge in [-0.2, -0.15) is 0 Å². The Kier molecular flexibility index (Phi) is 5.37. The van der Waals surface area contributed by atoms with Crippen molar-refractivity contribution in [2.24, 2.45) is 0 Å². The first-order valence-corrected chi connectivity index (χ1v) is 7.97. The van der Waals surface area contributed by atoms with Crippen molar-refractivity contribution in [3.05, 3.63) is 39.9 Å². The maximum Gasteiger partial charge on any atom is 0.190 e. The zero-order valence-electron chi connectivity index (χ0n) is 13.1. The first kappa shape index (κ1) is 16.7. The van der Waals surface area contributed by atoms with Gasteiger partial charge in [-0.15, -0.1) is 0 Å². The molecule has 0 saturated heterocycles. The fraction of sp³-hybridized carbons (Fsp3) is 0.312. The van der Waals surface area contributed by atoms with Gasteiger partial charge in [0.05, 0.1) is 16.1 Å². The van der Waals surface area contributed by atoms with Crippen LogP contribution in [0.3, 0.4) is 0 Å². The van der Waals surface area contributed by atoms with Crippen LogP contribution in [0.4, 0.5) is 10.8 Å². The largest absolute Gasteiger partial charge is 0.321 e. The molecule has 0 aliphatic carbocycles. The van der Waals surface area contributed by atoms with Crippen LogP contribution in [-0.4, -0.2) is 43.5 Å². The monoisotopic (exact) mass is 335 g/mol. The molecule has 0 aliphatic heterocycles. The van der Waals surface area contributed by atoms with E-state index >= 15 is 0 Å². The normalized spacial score (nSPS) is 10.6. The molecule has 1 aromatic heterocycles. The number of likely N-dealkylation sites (N-methyl/N-ethyl adjacent to an activating group) is 1. The number of benzene rings is 1. The molecule has 1 heterocycles. The molecule has 4 nitrogen and oxygen atoms in total. The molecule has 0 fully saturated rings. The van der Waals surface area contributed by atoms with E-state index in [0.29, 0.717) is 17.1 Å². The molecule has 2 rings (SSSR count). The van der Waals surface area contributed by atoms with Crippen LogP contribution in [0.15, 0.2) is 24.3 Å². The maximum atomic E-state index is 11.2. The number of aryl methyl sites for hydroxylation is 1. The summed E-state index contributed by atoms with van der Waals surface area (Å²) in [6, 6.07) is 7.57. The zero-order valence-corrected chi connectivity index (χ0v) is 14.6. The van der Waals surface area contributed by atoms with Crippen molar-refractivity contribution in [3.8, 4) is 0 Å².